The van der Waals surface area contributed by atoms with Crippen LogP contribution in [0.5, 0.6) is 0 Å². The van der Waals surface area contributed by atoms with Gasteiger partial charge in [0.1, 0.15) is 0 Å². The average molecular weight is 498 g/mol. The molecule has 0 aliphatic carbocycles. The fourth-order valence-electron chi connectivity index (χ4n) is 4.91. The molecule has 190 valence electrons. The van der Waals surface area contributed by atoms with Gasteiger partial charge in [-0.3, -0.25) is 9.52 Å². The highest BCUT2D eigenvalue weighted by Crippen LogP contribution is 2.31. The Labute approximate surface area is 210 Å². The van der Waals surface area contributed by atoms with E-state index in [4.69, 9.17) is 0 Å². The van der Waals surface area contributed by atoms with E-state index in [0.29, 0.717) is 17.2 Å². The molecule has 35 heavy (non-hydrogen) atoms. The van der Waals surface area contributed by atoms with E-state index in [2.05, 4.69) is 37.3 Å². The fraction of sp³-hybridized carbons (Fsp3) is 0.536. The molecule has 0 radical (unpaired) electrons. The quantitative estimate of drug-likeness (QED) is 0.580. The van der Waals surface area contributed by atoms with Crippen LogP contribution in [0.1, 0.15) is 75.7 Å². The topological polar surface area (TPSA) is 69.7 Å². The second-order valence-corrected chi connectivity index (χ2v) is 12.8. The van der Waals surface area contributed by atoms with Gasteiger partial charge in [-0.15, -0.1) is 0 Å². The Balaban J connectivity index is 1.63. The Morgan fingerprint density at radius 2 is 1.54 bits per heavy atom. The minimum absolute atomic E-state index is 0.00565. The van der Waals surface area contributed by atoms with Crippen molar-refractivity contribution in [2.45, 2.75) is 70.1 Å². The van der Waals surface area contributed by atoms with Crippen molar-refractivity contribution in [2.24, 2.45) is 5.92 Å². The zero-order valence-electron chi connectivity index (χ0n) is 21.5. The van der Waals surface area contributed by atoms with Crippen molar-refractivity contribution in [3.05, 3.63) is 53.6 Å². The minimum Gasteiger partial charge on any atom is -0.371 e. The molecular weight excluding hydrogens is 458 g/mol. The minimum atomic E-state index is -3.78. The van der Waals surface area contributed by atoms with Crippen LogP contribution in [0.4, 0.5) is 11.4 Å². The van der Waals surface area contributed by atoms with Gasteiger partial charge in [-0.25, -0.2) is 8.42 Å². The molecule has 0 unspecified atom stereocenters. The lowest BCUT2D eigenvalue weighted by molar-refractivity contribution is 0.0725. The number of carbonyl (C=O) groups excluding carboxylic acids is 1. The standard InChI is InChI=1S/C28H39N3O3S/c1-21-14-18-30(19-15-21)26-13-10-23(20-25(26)27(32)31-16-6-5-7-17-31)29-35(33,34)24-11-8-22(9-12-24)28(2,3)4/h8-13,20-21,29H,5-7,14-19H2,1-4H3. The average Bonchev–Trinajstić information content (AvgIpc) is 2.84. The number of sulfonamides is 1. The number of nitrogens with zero attached hydrogens (tertiary/aromatic N) is 2. The molecule has 2 saturated heterocycles. The Bertz CT molecular complexity index is 1140. The summed E-state index contributed by atoms with van der Waals surface area (Å²) in [5.41, 5.74) is 2.93. The molecule has 1 N–H and O–H groups in total. The van der Waals surface area contributed by atoms with Gasteiger partial charge in [0, 0.05) is 37.6 Å². The summed E-state index contributed by atoms with van der Waals surface area (Å²) in [6.45, 7) is 11.9. The summed E-state index contributed by atoms with van der Waals surface area (Å²) >= 11 is 0. The van der Waals surface area contributed by atoms with Crippen LogP contribution < -0.4 is 9.62 Å². The SMILES string of the molecule is CC1CCN(c2ccc(NS(=O)(=O)c3ccc(C(C)(C)C)cc3)cc2C(=O)N2CCCCC2)CC1. The van der Waals surface area contributed by atoms with E-state index in [1.54, 1.807) is 24.3 Å². The van der Waals surface area contributed by atoms with Crippen molar-refractivity contribution >= 4 is 27.3 Å². The van der Waals surface area contributed by atoms with Crippen molar-refractivity contribution < 1.29 is 13.2 Å². The monoisotopic (exact) mass is 497 g/mol. The van der Waals surface area contributed by atoms with Crippen molar-refractivity contribution in [1.82, 2.24) is 4.90 Å². The first-order chi connectivity index (χ1) is 16.5. The van der Waals surface area contributed by atoms with Crippen LogP contribution in [0, 0.1) is 5.92 Å². The maximum absolute atomic E-state index is 13.6. The summed E-state index contributed by atoms with van der Waals surface area (Å²) < 4.78 is 29.0. The van der Waals surface area contributed by atoms with E-state index in [0.717, 1.165) is 69.5 Å². The third-order valence-electron chi connectivity index (χ3n) is 7.28. The second-order valence-electron chi connectivity index (χ2n) is 11.1. The molecule has 0 atom stereocenters. The van der Waals surface area contributed by atoms with E-state index in [-0.39, 0.29) is 16.2 Å². The number of piperidine rings is 2. The van der Waals surface area contributed by atoms with Crippen LogP contribution in [0.2, 0.25) is 0 Å². The second kappa shape index (κ2) is 10.2. The van der Waals surface area contributed by atoms with Gasteiger partial charge in [0.15, 0.2) is 0 Å². The maximum Gasteiger partial charge on any atom is 0.261 e. The van der Waals surface area contributed by atoms with Crippen LogP contribution in [0.3, 0.4) is 0 Å². The number of hydrogen-bond acceptors (Lipinski definition) is 4. The first-order valence-corrected chi connectivity index (χ1v) is 14.3. The number of hydrogen-bond donors (Lipinski definition) is 1. The van der Waals surface area contributed by atoms with Crippen LogP contribution in [-0.4, -0.2) is 45.4 Å². The van der Waals surface area contributed by atoms with Gasteiger partial charge >= 0.3 is 0 Å². The number of amides is 1. The van der Waals surface area contributed by atoms with E-state index in [1.807, 2.05) is 23.1 Å². The maximum atomic E-state index is 13.6. The molecule has 2 fully saturated rings. The first-order valence-electron chi connectivity index (χ1n) is 12.9. The van der Waals surface area contributed by atoms with Crippen molar-refractivity contribution in [1.29, 1.82) is 0 Å². The molecule has 2 aliphatic heterocycles. The van der Waals surface area contributed by atoms with Gasteiger partial charge in [-0.05, 0) is 79.3 Å². The lowest BCUT2D eigenvalue weighted by Gasteiger charge is -2.35. The zero-order valence-corrected chi connectivity index (χ0v) is 22.3. The van der Waals surface area contributed by atoms with E-state index < -0.39 is 10.0 Å². The lowest BCUT2D eigenvalue weighted by Crippen LogP contribution is -2.38. The molecule has 2 aromatic rings. The Hall–Kier alpha value is -2.54. The van der Waals surface area contributed by atoms with Crippen LogP contribution in [0.15, 0.2) is 47.4 Å². The third-order valence-corrected chi connectivity index (χ3v) is 8.67. The zero-order chi connectivity index (χ0) is 25.2. The molecule has 2 aromatic carbocycles. The Morgan fingerprint density at radius 1 is 0.914 bits per heavy atom. The van der Waals surface area contributed by atoms with Gasteiger partial charge in [0.05, 0.1) is 10.5 Å². The smallest absolute Gasteiger partial charge is 0.261 e. The summed E-state index contributed by atoms with van der Waals surface area (Å²) in [6, 6.07) is 12.4. The van der Waals surface area contributed by atoms with Crippen molar-refractivity contribution in [3.63, 3.8) is 0 Å². The van der Waals surface area contributed by atoms with Crippen LogP contribution in [-0.2, 0) is 15.4 Å². The van der Waals surface area contributed by atoms with Crippen LogP contribution >= 0.6 is 0 Å². The molecule has 6 nitrogen and oxygen atoms in total. The van der Waals surface area contributed by atoms with E-state index in [1.165, 1.54) is 0 Å². The summed E-state index contributed by atoms with van der Waals surface area (Å²) in [5.74, 6) is 0.678. The number of benzene rings is 2. The molecule has 2 heterocycles. The van der Waals surface area contributed by atoms with Gasteiger partial charge in [0.2, 0.25) is 0 Å². The largest absolute Gasteiger partial charge is 0.371 e. The first kappa shape index (κ1) is 25.5. The molecule has 0 saturated carbocycles. The Kier molecular flexibility index (Phi) is 7.46. The number of likely N-dealkylation sites (tertiary alicyclic amines) is 1. The van der Waals surface area contributed by atoms with Gasteiger partial charge in [-0.2, -0.15) is 0 Å². The molecule has 0 aromatic heterocycles. The van der Waals surface area contributed by atoms with E-state index >= 15 is 0 Å². The summed E-state index contributed by atoms with van der Waals surface area (Å²) in [5, 5.41) is 0. The molecule has 0 spiro atoms. The molecular formula is C28H39N3O3S. The van der Waals surface area contributed by atoms with Gasteiger partial charge in [0.25, 0.3) is 15.9 Å². The molecule has 7 heteroatoms. The lowest BCUT2D eigenvalue weighted by atomic mass is 9.87. The summed E-state index contributed by atoms with van der Waals surface area (Å²) in [7, 11) is -3.78. The van der Waals surface area contributed by atoms with E-state index in [9.17, 15) is 13.2 Å². The van der Waals surface area contributed by atoms with Crippen molar-refractivity contribution in [3.8, 4) is 0 Å². The van der Waals surface area contributed by atoms with Gasteiger partial charge < -0.3 is 9.80 Å². The predicted molar refractivity (Wildman–Crippen MR) is 143 cm³/mol. The third kappa shape index (κ3) is 6.00. The molecule has 1 amide bonds. The fourth-order valence-corrected chi connectivity index (χ4v) is 5.96. The van der Waals surface area contributed by atoms with Crippen LogP contribution in [0.25, 0.3) is 0 Å². The van der Waals surface area contributed by atoms with Crippen molar-refractivity contribution in [2.75, 3.05) is 35.8 Å². The van der Waals surface area contributed by atoms with Gasteiger partial charge in [-0.1, -0.05) is 39.8 Å². The predicted octanol–water partition coefficient (Wildman–Crippen LogP) is 5.65. The number of carbonyl (C=O) groups is 1. The summed E-state index contributed by atoms with van der Waals surface area (Å²) in [6.07, 6.45) is 5.36. The number of anilines is 2. The normalized spacial score (nSPS) is 17.9. The number of rotatable bonds is 5. The molecule has 2 aliphatic rings. The molecule has 4 rings (SSSR count). The highest BCUT2D eigenvalue weighted by atomic mass is 32.2. The summed E-state index contributed by atoms with van der Waals surface area (Å²) in [4.78, 5) is 18.0. The highest BCUT2D eigenvalue weighted by Gasteiger charge is 2.26. The highest BCUT2D eigenvalue weighted by molar-refractivity contribution is 7.92. The number of nitrogens with one attached hydrogen (secondary N) is 1. The molecule has 0 bridgehead atoms. The Morgan fingerprint density at radius 3 is 2.14 bits per heavy atom.